The van der Waals surface area contributed by atoms with E-state index in [0.29, 0.717) is 0 Å². The second kappa shape index (κ2) is 4.00. The molecule has 0 saturated carbocycles. The molecular weight excluding hydrogens is 176 g/mol. The quantitative estimate of drug-likeness (QED) is 0.638. The smallest absolute Gasteiger partial charge is 0.239 e. The predicted molar refractivity (Wildman–Crippen MR) is 54.4 cm³/mol. The zero-order chi connectivity index (χ0) is 10.8. The van der Waals surface area contributed by atoms with Gasteiger partial charge in [-0.15, -0.1) is 0 Å². The van der Waals surface area contributed by atoms with Crippen LogP contribution in [0.4, 0.5) is 0 Å². The van der Waals surface area contributed by atoms with Crippen LogP contribution in [0.3, 0.4) is 0 Å². The van der Waals surface area contributed by atoms with Gasteiger partial charge in [-0.1, -0.05) is 13.8 Å². The lowest BCUT2D eigenvalue weighted by Gasteiger charge is -2.38. The van der Waals surface area contributed by atoms with Crippen molar-refractivity contribution in [2.45, 2.75) is 33.6 Å². The van der Waals surface area contributed by atoms with Crippen LogP contribution in [0.25, 0.3) is 0 Å². The Balaban J connectivity index is 2.62. The average Bonchev–Trinajstić information content (AvgIpc) is 2.14. The lowest BCUT2D eigenvalue weighted by molar-refractivity contribution is -0.136. The van der Waals surface area contributed by atoms with Crippen molar-refractivity contribution in [3.8, 4) is 6.07 Å². The first-order valence-electron chi connectivity index (χ1n) is 5.15. The molecule has 0 aliphatic carbocycles. The van der Waals surface area contributed by atoms with Gasteiger partial charge in [-0.25, -0.2) is 0 Å². The largest absolute Gasteiger partial charge is 0.341 e. The molecule has 1 unspecified atom stereocenters. The molecule has 0 aromatic heterocycles. The van der Waals surface area contributed by atoms with Crippen molar-refractivity contribution in [1.82, 2.24) is 4.90 Å². The number of nitriles is 1. The maximum atomic E-state index is 11.7. The van der Waals surface area contributed by atoms with Crippen molar-refractivity contribution in [2.24, 2.45) is 11.3 Å². The van der Waals surface area contributed by atoms with E-state index < -0.39 is 5.92 Å². The van der Waals surface area contributed by atoms with Gasteiger partial charge in [-0.2, -0.15) is 5.26 Å². The summed E-state index contributed by atoms with van der Waals surface area (Å²) >= 11 is 0. The third kappa shape index (κ3) is 2.47. The van der Waals surface area contributed by atoms with E-state index in [9.17, 15) is 4.79 Å². The van der Waals surface area contributed by atoms with Crippen molar-refractivity contribution >= 4 is 5.91 Å². The number of nitrogens with zero attached hydrogens (tertiary/aromatic N) is 2. The minimum absolute atomic E-state index is 0.0136. The first kappa shape index (κ1) is 11.0. The lowest BCUT2D eigenvalue weighted by atomic mass is 9.84. The summed E-state index contributed by atoms with van der Waals surface area (Å²) in [4.78, 5) is 13.6. The summed E-state index contributed by atoms with van der Waals surface area (Å²) in [6.45, 7) is 7.61. The Kier molecular flexibility index (Phi) is 3.15. The number of carbonyl (C=O) groups is 1. The third-order valence-electron chi connectivity index (χ3n) is 2.78. The molecule has 1 aliphatic rings. The Morgan fingerprint density at radius 2 is 2.21 bits per heavy atom. The van der Waals surface area contributed by atoms with Crippen LogP contribution in [0.5, 0.6) is 0 Å². The van der Waals surface area contributed by atoms with E-state index in [1.54, 1.807) is 6.92 Å². The number of piperidine rings is 1. The Labute approximate surface area is 85.7 Å². The minimum Gasteiger partial charge on any atom is -0.341 e. The molecule has 1 aliphatic heterocycles. The van der Waals surface area contributed by atoms with Gasteiger partial charge in [0.05, 0.1) is 6.07 Å². The van der Waals surface area contributed by atoms with Crippen LogP contribution in [0.15, 0.2) is 0 Å². The van der Waals surface area contributed by atoms with Gasteiger partial charge in [0.2, 0.25) is 5.91 Å². The number of hydrogen-bond donors (Lipinski definition) is 0. The summed E-state index contributed by atoms with van der Waals surface area (Å²) in [6, 6.07) is 2.00. The highest BCUT2D eigenvalue weighted by Gasteiger charge is 2.30. The highest BCUT2D eigenvalue weighted by molar-refractivity contribution is 5.80. The van der Waals surface area contributed by atoms with Crippen LogP contribution >= 0.6 is 0 Å². The van der Waals surface area contributed by atoms with E-state index in [4.69, 9.17) is 5.26 Å². The van der Waals surface area contributed by atoms with Crippen molar-refractivity contribution < 1.29 is 4.79 Å². The molecule has 14 heavy (non-hydrogen) atoms. The number of carbonyl (C=O) groups excluding carboxylic acids is 1. The highest BCUT2D eigenvalue weighted by Crippen LogP contribution is 2.28. The Hall–Kier alpha value is -1.04. The van der Waals surface area contributed by atoms with E-state index >= 15 is 0 Å². The van der Waals surface area contributed by atoms with Crippen molar-refractivity contribution in [3.05, 3.63) is 0 Å². The molecule has 3 nitrogen and oxygen atoms in total. The van der Waals surface area contributed by atoms with Crippen molar-refractivity contribution in [2.75, 3.05) is 13.1 Å². The SMILES string of the molecule is CC(C#N)C(=O)N1CCCC(C)(C)C1. The third-order valence-corrected chi connectivity index (χ3v) is 2.78. The van der Waals surface area contributed by atoms with Crippen LogP contribution in [0, 0.1) is 22.7 Å². The van der Waals surface area contributed by atoms with Crippen LogP contribution in [-0.2, 0) is 4.79 Å². The normalized spacial score (nSPS) is 22.6. The summed E-state index contributed by atoms with van der Waals surface area (Å²) in [7, 11) is 0. The number of rotatable bonds is 1. The molecule has 0 spiro atoms. The average molecular weight is 194 g/mol. The van der Waals surface area contributed by atoms with Gasteiger partial charge in [0, 0.05) is 13.1 Å². The summed E-state index contributed by atoms with van der Waals surface area (Å²) in [5.41, 5.74) is 0.211. The van der Waals surface area contributed by atoms with Crippen molar-refractivity contribution in [3.63, 3.8) is 0 Å². The number of hydrogen-bond acceptors (Lipinski definition) is 2. The first-order chi connectivity index (χ1) is 6.46. The molecule has 78 valence electrons. The molecule has 1 fully saturated rings. The van der Waals surface area contributed by atoms with E-state index in [-0.39, 0.29) is 11.3 Å². The first-order valence-corrected chi connectivity index (χ1v) is 5.15. The number of likely N-dealkylation sites (tertiary alicyclic amines) is 1. The fraction of sp³-hybridized carbons (Fsp3) is 0.818. The molecule has 0 aromatic carbocycles. The molecule has 0 bridgehead atoms. The molecule has 0 radical (unpaired) electrons. The monoisotopic (exact) mass is 194 g/mol. The van der Waals surface area contributed by atoms with E-state index in [0.717, 1.165) is 25.9 Å². The molecule has 1 heterocycles. The lowest BCUT2D eigenvalue weighted by Crippen LogP contribution is -2.45. The van der Waals surface area contributed by atoms with Gasteiger partial charge >= 0.3 is 0 Å². The molecule has 1 atom stereocenters. The second-order valence-corrected chi connectivity index (χ2v) is 4.88. The Bertz CT molecular complexity index is 265. The van der Waals surface area contributed by atoms with Crippen LogP contribution in [0.1, 0.15) is 33.6 Å². The van der Waals surface area contributed by atoms with Gasteiger partial charge in [0.1, 0.15) is 5.92 Å². The molecule has 1 rings (SSSR count). The van der Waals surface area contributed by atoms with Gasteiger partial charge < -0.3 is 4.90 Å². The van der Waals surface area contributed by atoms with Gasteiger partial charge in [0.15, 0.2) is 0 Å². The molecule has 1 amide bonds. The topological polar surface area (TPSA) is 44.1 Å². The summed E-state index contributed by atoms with van der Waals surface area (Å²) in [5.74, 6) is -0.510. The van der Waals surface area contributed by atoms with E-state index in [1.165, 1.54) is 0 Å². The van der Waals surface area contributed by atoms with Crippen LogP contribution in [-0.4, -0.2) is 23.9 Å². The standard InChI is InChI=1S/C11H18N2O/c1-9(7-12)10(14)13-6-4-5-11(2,3)8-13/h9H,4-6,8H2,1-3H3. The molecule has 0 N–H and O–H groups in total. The zero-order valence-electron chi connectivity index (χ0n) is 9.21. The molecule has 0 aromatic rings. The van der Waals surface area contributed by atoms with Crippen molar-refractivity contribution in [1.29, 1.82) is 5.26 Å². The maximum absolute atomic E-state index is 11.7. The summed E-state index contributed by atoms with van der Waals surface area (Å²) < 4.78 is 0. The van der Waals surface area contributed by atoms with Crippen LogP contribution in [0.2, 0.25) is 0 Å². The highest BCUT2D eigenvalue weighted by atomic mass is 16.2. The fourth-order valence-corrected chi connectivity index (χ4v) is 1.94. The van der Waals surface area contributed by atoms with Gasteiger partial charge in [-0.3, -0.25) is 4.79 Å². The minimum atomic E-state index is -0.496. The Morgan fingerprint density at radius 1 is 1.57 bits per heavy atom. The molecule has 1 saturated heterocycles. The van der Waals surface area contributed by atoms with E-state index in [1.807, 2.05) is 11.0 Å². The molecule has 3 heteroatoms. The van der Waals surface area contributed by atoms with Gasteiger partial charge in [-0.05, 0) is 25.2 Å². The Morgan fingerprint density at radius 3 is 2.71 bits per heavy atom. The zero-order valence-corrected chi connectivity index (χ0v) is 9.21. The van der Waals surface area contributed by atoms with Crippen LogP contribution < -0.4 is 0 Å². The van der Waals surface area contributed by atoms with E-state index in [2.05, 4.69) is 13.8 Å². The second-order valence-electron chi connectivity index (χ2n) is 4.88. The molecular formula is C11H18N2O. The van der Waals surface area contributed by atoms with Gasteiger partial charge in [0.25, 0.3) is 0 Å². The fourth-order valence-electron chi connectivity index (χ4n) is 1.94. The summed E-state index contributed by atoms with van der Waals surface area (Å²) in [6.07, 6.45) is 2.22. The number of amides is 1. The summed E-state index contributed by atoms with van der Waals surface area (Å²) in [5, 5.41) is 8.67. The maximum Gasteiger partial charge on any atom is 0.239 e. The predicted octanol–water partition coefficient (Wildman–Crippen LogP) is 1.79.